The lowest BCUT2D eigenvalue weighted by Crippen LogP contribution is -2.03. The third-order valence-corrected chi connectivity index (χ3v) is 5.68. The van der Waals surface area contributed by atoms with Crippen LogP contribution in [-0.4, -0.2) is 25.4 Å². The van der Waals surface area contributed by atoms with Crippen LogP contribution in [0.25, 0.3) is 22.0 Å². The molecule has 5 nitrogen and oxygen atoms in total. The lowest BCUT2D eigenvalue weighted by Gasteiger charge is -2.11. The van der Waals surface area contributed by atoms with Crippen LogP contribution in [0.2, 0.25) is 0 Å². The summed E-state index contributed by atoms with van der Waals surface area (Å²) in [4.78, 5) is 11.7. The molecule has 152 valence electrons. The van der Waals surface area contributed by atoms with E-state index in [-0.39, 0.29) is 17.5 Å². The van der Waals surface area contributed by atoms with E-state index < -0.39 is 17.6 Å². The van der Waals surface area contributed by atoms with Gasteiger partial charge < -0.3 is 9.67 Å². The maximum absolute atomic E-state index is 14.9. The Bertz CT molecular complexity index is 1300. The Kier molecular flexibility index (Phi) is 4.20. The van der Waals surface area contributed by atoms with Crippen molar-refractivity contribution in [2.75, 3.05) is 0 Å². The highest BCUT2D eigenvalue weighted by Gasteiger charge is 2.29. The summed E-state index contributed by atoms with van der Waals surface area (Å²) in [7, 11) is 1.79. The fourth-order valence-corrected chi connectivity index (χ4v) is 4.05. The van der Waals surface area contributed by atoms with Crippen LogP contribution < -0.4 is 0 Å². The molecule has 1 N–H and O–H groups in total. The average Bonchev–Trinajstić information content (AvgIpc) is 3.34. The molecule has 7 heteroatoms. The summed E-state index contributed by atoms with van der Waals surface area (Å²) in [5.41, 5.74) is 3.29. The summed E-state index contributed by atoms with van der Waals surface area (Å²) in [5, 5.41) is 13.8. The van der Waals surface area contributed by atoms with E-state index in [0.717, 1.165) is 24.0 Å². The van der Waals surface area contributed by atoms with Crippen molar-refractivity contribution in [1.82, 2.24) is 14.3 Å². The van der Waals surface area contributed by atoms with Crippen LogP contribution in [0.15, 0.2) is 48.9 Å². The molecule has 0 spiro atoms. The van der Waals surface area contributed by atoms with Crippen molar-refractivity contribution < 1.29 is 18.7 Å². The molecule has 0 amide bonds. The van der Waals surface area contributed by atoms with E-state index >= 15 is 0 Å². The Balaban J connectivity index is 1.60. The van der Waals surface area contributed by atoms with Crippen molar-refractivity contribution in [2.24, 2.45) is 7.05 Å². The van der Waals surface area contributed by atoms with Gasteiger partial charge in [-0.05, 0) is 42.0 Å². The van der Waals surface area contributed by atoms with Crippen molar-refractivity contribution in [2.45, 2.75) is 25.3 Å². The first-order chi connectivity index (χ1) is 14.4. The summed E-state index contributed by atoms with van der Waals surface area (Å²) in [6.45, 7) is 0.117. The summed E-state index contributed by atoms with van der Waals surface area (Å²) < 4.78 is 32.8. The highest BCUT2D eigenvalue weighted by molar-refractivity contribution is 6.04. The number of carboxylic acids is 1. The molecule has 4 aromatic rings. The van der Waals surface area contributed by atoms with Crippen molar-refractivity contribution in [3.05, 3.63) is 77.2 Å². The van der Waals surface area contributed by atoms with Gasteiger partial charge in [0.15, 0.2) is 0 Å². The number of benzene rings is 2. The number of nitrogens with zero attached hydrogens (tertiary/aromatic N) is 3. The minimum atomic E-state index is -1.20. The quantitative estimate of drug-likeness (QED) is 0.510. The van der Waals surface area contributed by atoms with Crippen LogP contribution >= 0.6 is 0 Å². The first-order valence-corrected chi connectivity index (χ1v) is 9.74. The number of rotatable bonds is 5. The zero-order valence-corrected chi connectivity index (χ0v) is 16.3. The fourth-order valence-electron chi connectivity index (χ4n) is 4.05. The second-order valence-electron chi connectivity index (χ2n) is 7.82. The van der Waals surface area contributed by atoms with Crippen molar-refractivity contribution >= 4 is 16.9 Å². The summed E-state index contributed by atoms with van der Waals surface area (Å²) in [6.07, 6.45) is 6.86. The van der Waals surface area contributed by atoms with Gasteiger partial charge in [-0.15, -0.1) is 0 Å². The Morgan fingerprint density at radius 1 is 1.13 bits per heavy atom. The van der Waals surface area contributed by atoms with Crippen LogP contribution in [0.1, 0.15) is 40.2 Å². The summed E-state index contributed by atoms with van der Waals surface area (Å²) in [6, 6.07) is 7.98. The lowest BCUT2D eigenvalue weighted by atomic mass is 10.0. The van der Waals surface area contributed by atoms with Crippen molar-refractivity contribution in [1.29, 1.82) is 0 Å². The van der Waals surface area contributed by atoms with Gasteiger partial charge in [0.05, 0.1) is 29.2 Å². The van der Waals surface area contributed by atoms with E-state index in [0.29, 0.717) is 22.6 Å². The van der Waals surface area contributed by atoms with Gasteiger partial charge in [-0.3, -0.25) is 4.68 Å². The predicted octanol–water partition coefficient (Wildman–Crippen LogP) is 4.94. The molecule has 2 aromatic heterocycles. The highest BCUT2D eigenvalue weighted by Crippen LogP contribution is 2.44. The standard InChI is InChI=1S/C23H19F2N3O2/c1-27-10-16(9-26-27)14-4-5-15(20(25)8-14)11-28-12-18(23(29)30)21-19(24)7-6-17(22(21)28)13-2-3-13/h4-10,12-13H,2-3,11H2,1H3,(H,29,30). The maximum atomic E-state index is 14.9. The van der Waals surface area contributed by atoms with Gasteiger partial charge in [0.2, 0.25) is 0 Å². The zero-order valence-electron chi connectivity index (χ0n) is 16.3. The molecule has 2 aromatic carbocycles. The molecule has 0 atom stereocenters. The number of hydrogen-bond donors (Lipinski definition) is 1. The number of carbonyl (C=O) groups is 1. The number of aryl methyl sites for hydroxylation is 1. The second-order valence-corrected chi connectivity index (χ2v) is 7.82. The molecule has 0 saturated heterocycles. The molecule has 5 rings (SSSR count). The molecule has 0 aliphatic heterocycles. The molecule has 1 fully saturated rings. The minimum Gasteiger partial charge on any atom is -0.478 e. The van der Waals surface area contributed by atoms with Gasteiger partial charge in [-0.25, -0.2) is 13.6 Å². The van der Waals surface area contributed by atoms with E-state index in [1.54, 1.807) is 40.8 Å². The molecular weight excluding hydrogens is 388 g/mol. The van der Waals surface area contributed by atoms with Gasteiger partial charge in [-0.2, -0.15) is 5.10 Å². The number of fused-ring (bicyclic) bond motifs is 1. The van der Waals surface area contributed by atoms with Gasteiger partial charge in [0.25, 0.3) is 0 Å². The molecule has 1 saturated carbocycles. The maximum Gasteiger partial charge on any atom is 0.337 e. The molecule has 1 aliphatic rings. The van der Waals surface area contributed by atoms with E-state index in [2.05, 4.69) is 5.10 Å². The second kappa shape index (κ2) is 6.79. The molecule has 0 radical (unpaired) electrons. The smallest absolute Gasteiger partial charge is 0.337 e. The monoisotopic (exact) mass is 407 g/mol. The molecule has 2 heterocycles. The Hall–Kier alpha value is -3.48. The first-order valence-electron chi connectivity index (χ1n) is 9.74. The normalized spacial score (nSPS) is 13.8. The van der Waals surface area contributed by atoms with Crippen LogP contribution in [-0.2, 0) is 13.6 Å². The van der Waals surface area contributed by atoms with E-state index in [4.69, 9.17) is 0 Å². The SMILES string of the molecule is Cn1cc(-c2ccc(Cn3cc(C(=O)O)c4c(F)ccc(C5CC5)c43)c(F)c2)cn1. The minimum absolute atomic E-state index is 0.0966. The van der Waals surface area contributed by atoms with Crippen LogP contribution in [0.3, 0.4) is 0 Å². The third-order valence-electron chi connectivity index (χ3n) is 5.68. The molecule has 0 unspecified atom stereocenters. The average molecular weight is 407 g/mol. The highest BCUT2D eigenvalue weighted by atomic mass is 19.1. The lowest BCUT2D eigenvalue weighted by molar-refractivity contribution is 0.0698. The molecule has 0 bridgehead atoms. The van der Waals surface area contributed by atoms with Crippen LogP contribution in [0.5, 0.6) is 0 Å². The first kappa shape index (κ1) is 18.5. The topological polar surface area (TPSA) is 60.0 Å². The van der Waals surface area contributed by atoms with Gasteiger partial charge >= 0.3 is 5.97 Å². The Labute approximate surface area is 171 Å². The number of aromatic nitrogens is 3. The number of hydrogen-bond acceptors (Lipinski definition) is 2. The Morgan fingerprint density at radius 2 is 1.93 bits per heavy atom. The number of halogens is 2. The molecule has 30 heavy (non-hydrogen) atoms. The summed E-state index contributed by atoms with van der Waals surface area (Å²) >= 11 is 0. The fraction of sp³-hybridized carbons (Fsp3) is 0.217. The van der Waals surface area contributed by atoms with Crippen molar-refractivity contribution in [3.8, 4) is 11.1 Å². The third kappa shape index (κ3) is 3.07. The van der Waals surface area contributed by atoms with E-state index in [1.165, 1.54) is 18.3 Å². The van der Waals surface area contributed by atoms with E-state index in [1.807, 2.05) is 6.07 Å². The Morgan fingerprint density at radius 3 is 2.57 bits per heavy atom. The zero-order chi connectivity index (χ0) is 21.0. The van der Waals surface area contributed by atoms with Gasteiger partial charge in [0.1, 0.15) is 11.6 Å². The predicted molar refractivity (Wildman–Crippen MR) is 109 cm³/mol. The van der Waals surface area contributed by atoms with Gasteiger partial charge in [-0.1, -0.05) is 18.2 Å². The van der Waals surface area contributed by atoms with Gasteiger partial charge in [0, 0.05) is 30.6 Å². The number of aromatic carboxylic acids is 1. The van der Waals surface area contributed by atoms with E-state index in [9.17, 15) is 18.7 Å². The van der Waals surface area contributed by atoms with Crippen LogP contribution in [0, 0.1) is 11.6 Å². The summed E-state index contributed by atoms with van der Waals surface area (Å²) in [5.74, 6) is -1.88. The van der Waals surface area contributed by atoms with Crippen molar-refractivity contribution in [3.63, 3.8) is 0 Å². The largest absolute Gasteiger partial charge is 0.478 e. The molecule has 1 aliphatic carbocycles. The van der Waals surface area contributed by atoms with Crippen LogP contribution in [0.4, 0.5) is 8.78 Å². The molecular formula is C23H19F2N3O2. The number of carboxylic acid groups (broad SMARTS) is 1.